The van der Waals surface area contributed by atoms with Crippen molar-refractivity contribution in [2.45, 2.75) is 0 Å². The summed E-state index contributed by atoms with van der Waals surface area (Å²) in [4.78, 5) is 10.5. The van der Waals surface area contributed by atoms with Crippen LogP contribution in [0.3, 0.4) is 0 Å². The van der Waals surface area contributed by atoms with Gasteiger partial charge in [-0.3, -0.25) is 0 Å². The van der Waals surface area contributed by atoms with Gasteiger partial charge in [0.2, 0.25) is 0 Å². The molecule has 0 amide bonds. The van der Waals surface area contributed by atoms with Crippen LogP contribution in [0.15, 0.2) is 48.7 Å². The Bertz CT molecular complexity index is 555. The Hall–Kier alpha value is -1.56. The number of carboxylic acid groups (broad SMARTS) is 1. The molecule has 0 fully saturated rings. The fourth-order valence-electron chi connectivity index (χ4n) is 1.52. The summed E-state index contributed by atoms with van der Waals surface area (Å²) in [6.45, 7) is 0. The van der Waals surface area contributed by atoms with Crippen LogP contribution >= 0.6 is 22.6 Å². The van der Waals surface area contributed by atoms with Crippen LogP contribution in [0, 0.1) is 3.57 Å². The van der Waals surface area contributed by atoms with Gasteiger partial charge in [0.1, 0.15) is 0 Å². The quantitative estimate of drug-likeness (QED) is 0.689. The van der Waals surface area contributed by atoms with Gasteiger partial charge in [-0.15, -0.1) is 0 Å². The molecule has 0 aliphatic carbocycles. The normalized spacial score (nSPS) is 10.9. The third kappa shape index (κ3) is 2.97. The molecule has 0 unspecified atom stereocenters. The smallest absolute Gasteiger partial charge is 0.328 e. The summed E-state index contributed by atoms with van der Waals surface area (Å²) in [5.41, 5.74) is 1.86. The van der Waals surface area contributed by atoms with Crippen LogP contribution < -0.4 is 0 Å². The summed E-state index contributed by atoms with van der Waals surface area (Å²) < 4.78 is 3.11. The van der Waals surface area contributed by atoms with Crippen molar-refractivity contribution >= 4 is 34.6 Å². The maximum Gasteiger partial charge on any atom is 0.328 e. The average molecular weight is 339 g/mol. The minimum atomic E-state index is -0.944. The highest BCUT2D eigenvalue weighted by Gasteiger charge is 2.00. The van der Waals surface area contributed by atoms with Crippen LogP contribution in [0.1, 0.15) is 5.69 Å². The van der Waals surface area contributed by atoms with E-state index < -0.39 is 5.97 Å². The van der Waals surface area contributed by atoms with Gasteiger partial charge in [0.25, 0.3) is 0 Å². The Morgan fingerprint density at radius 3 is 2.59 bits per heavy atom. The summed E-state index contributed by atoms with van der Waals surface area (Å²) >= 11 is 2.25. The van der Waals surface area contributed by atoms with Crippen LogP contribution in [0.2, 0.25) is 0 Å². The van der Waals surface area contributed by atoms with Gasteiger partial charge in [0, 0.05) is 27.2 Å². The second-order valence-corrected chi connectivity index (χ2v) is 4.70. The summed E-state index contributed by atoms with van der Waals surface area (Å²) in [5, 5.41) is 8.61. The molecule has 0 saturated heterocycles. The number of hydrogen-bond donors (Lipinski definition) is 1. The Balaban J connectivity index is 2.36. The molecule has 0 saturated carbocycles. The molecule has 0 spiro atoms. The SMILES string of the molecule is O=C(O)C=Cc1cccn1-c1ccc(I)cc1. The fraction of sp³-hybridized carbons (Fsp3) is 0. The van der Waals surface area contributed by atoms with E-state index >= 15 is 0 Å². The summed E-state index contributed by atoms with van der Waals surface area (Å²) in [6, 6.07) is 11.8. The molecule has 86 valence electrons. The van der Waals surface area contributed by atoms with Crippen molar-refractivity contribution in [2.75, 3.05) is 0 Å². The number of rotatable bonds is 3. The molecule has 1 N–H and O–H groups in total. The van der Waals surface area contributed by atoms with E-state index in [2.05, 4.69) is 22.6 Å². The first-order valence-corrected chi connectivity index (χ1v) is 6.09. The molecular weight excluding hydrogens is 329 g/mol. The molecule has 0 bridgehead atoms. The first-order valence-electron chi connectivity index (χ1n) is 5.01. The van der Waals surface area contributed by atoms with Gasteiger partial charge in [-0.2, -0.15) is 0 Å². The van der Waals surface area contributed by atoms with Crippen LogP contribution in [0.4, 0.5) is 0 Å². The van der Waals surface area contributed by atoms with E-state index in [0.29, 0.717) is 0 Å². The van der Waals surface area contributed by atoms with Crippen molar-refractivity contribution in [1.82, 2.24) is 4.57 Å². The number of aromatic nitrogens is 1. The molecular formula is C13H10INO2. The summed E-state index contributed by atoms with van der Waals surface area (Å²) in [7, 11) is 0. The van der Waals surface area contributed by atoms with Crippen molar-refractivity contribution in [3.8, 4) is 5.69 Å². The van der Waals surface area contributed by atoms with Gasteiger partial charge in [0.05, 0.1) is 0 Å². The van der Waals surface area contributed by atoms with Crippen LogP contribution in [-0.4, -0.2) is 15.6 Å². The summed E-state index contributed by atoms with van der Waals surface area (Å²) in [6.07, 6.45) is 4.63. The number of halogens is 1. The molecule has 0 radical (unpaired) electrons. The molecule has 0 aliphatic rings. The van der Waals surface area contributed by atoms with Crippen molar-refractivity contribution in [3.63, 3.8) is 0 Å². The van der Waals surface area contributed by atoms with Crippen molar-refractivity contribution < 1.29 is 9.90 Å². The van der Waals surface area contributed by atoms with Crippen molar-refractivity contribution in [2.24, 2.45) is 0 Å². The van der Waals surface area contributed by atoms with E-state index in [1.165, 1.54) is 3.57 Å². The molecule has 1 aromatic heterocycles. The number of hydrogen-bond acceptors (Lipinski definition) is 1. The predicted molar refractivity (Wildman–Crippen MR) is 75.2 cm³/mol. The highest BCUT2D eigenvalue weighted by Crippen LogP contribution is 2.15. The standard InChI is InChI=1S/C13H10INO2/c14-10-3-5-12(6-4-10)15-9-1-2-11(15)7-8-13(16)17/h1-9H,(H,16,17). The van der Waals surface area contributed by atoms with Crippen LogP contribution in [0.25, 0.3) is 11.8 Å². The molecule has 0 atom stereocenters. The van der Waals surface area contributed by atoms with E-state index in [0.717, 1.165) is 17.5 Å². The second-order valence-electron chi connectivity index (χ2n) is 3.45. The lowest BCUT2D eigenvalue weighted by Crippen LogP contribution is -1.95. The predicted octanol–water partition coefficient (Wildman–Crippen LogP) is 3.18. The number of carbonyl (C=O) groups is 1. The molecule has 1 heterocycles. The van der Waals surface area contributed by atoms with E-state index in [4.69, 9.17) is 5.11 Å². The maximum atomic E-state index is 10.5. The van der Waals surface area contributed by atoms with Crippen molar-refractivity contribution in [1.29, 1.82) is 0 Å². The van der Waals surface area contributed by atoms with E-state index in [-0.39, 0.29) is 0 Å². The lowest BCUT2D eigenvalue weighted by Gasteiger charge is -2.06. The van der Waals surface area contributed by atoms with E-state index in [1.54, 1.807) is 6.08 Å². The topological polar surface area (TPSA) is 42.2 Å². The second kappa shape index (κ2) is 5.18. The molecule has 2 aromatic rings. The Morgan fingerprint density at radius 1 is 1.24 bits per heavy atom. The van der Waals surface area contributed by atoms with Gasteiger partial charge >= 0.3 is 5.97 Å². The highest BCUT2D eigenvalue weighted by atomic mass is 127. The third-order valence-electron chi connectivity index (χ3n) is 2.28. The van der Waals surface area contributed by atoms with Crippen LogP contribution in [0.5, 0.6) is 0 Å². The van der Waals surface area contributed by atoms with Gasteiger partial charge in [-0.25, -0.2) is 4.79 Å². The summed E-state index contributed by atoms with van der Waals surface area (Å²) in [5.74, 6) is -0.944. The monoisotopic (exact) mass is 339 g/mol. The molecule has 4 heteroatoms. The van der Waals surface area contributed by atoms with Gasteiger partial charge < -0.3 is 9.67 Å². The zero-order chi connectivity index (χ0) is 12.3. The zero-order valence-electron chi connectivity index (χ0n) is 8.88. The first-order chi connectivity index (χ1) is 8.16. The zero-order valence-corrected chi connectivity index (χ0v) is 11.0. The minimum Gasteiger partial charge on any atom is -0.478 e. The number of nitrogens with zero attached hydrogens (tertiary/aromatic N) is 1. The molecule has 1 aromatic carbocycles. The van der Waals surface area contributed by atoms with Crippen molar-refractivity contribution in [3.05, 3.63) is 57.9 Å². The average Bonchev–Trinajstić information content (AvgIpc) is 2.75. The lowest BCUT2D eigenvalue weighted by atomic mass is 10.3. The molecule has 3 nitrogen and oxygen atoms in total. The van der Waals surface area contributed by atoms with Gasteiger partial charge in [-0.1, -0.05) is 0 Å². The molecule has 17 heavy (non-hydrogen) atoms. The lowest BCUT2D eigenvalue weighted by molar-refractivity contribution is -0.131. The fourth-order valence-corrected chi connectivity index (χ4v) is 1.88. The number of aliphatic carboxylic acids is 1. The Morgan fingerprint density at radius 2 is 1.94 bits per heavy atom. The number of benzene rings is 1. The Labute approximate surface area is 113 Å². The number of carboxylic acids is 1. The first kappa shape index (κ1) is 11.9. The minimum absolute atomic E-state index is 0.841. The Kier molecular flexibility index (Phi) is 3.63. The van der Waals surface area contributed by atoms with Crippen LogP contribution in [-0.2, 0) is 4.79 Å². The largest absolute Gasteiger partial charge is 0.478 e. The van der Waals surface area contributed by atoms with Gasteiger partial charge in [-0.05, 0) is 65.1 Å². The van der Waals surface area contributed by atoms with Gasteiger partial charge in [0.15, 0.2) is 0 Å². The molecule has 0 aliphatic heterocycles. The maximum absolute atomic E-state index is 10.5. The van der Waals surface area contributed by atoms with E-state index in [9.17, 15) is 4.79 Å². The highest BCUT2D eigenvalue weighted by molar-refractivity contribution is 14.1. The third-order valence-corrected chi connectivity index (χ3v) is 3.00. The van der Waals surface area contributed by atoms with E-state index in [1.807, 2.05) is 47.2 Å². The molecule has 2 rings (SSSR count).